The molecule has 2 aromatic rings. The van der Waals surface area contributed by atoms with E-state index in [-0.39, 0.29) is 0 Å². The summed E-state index contributed by atoms with van der Waals surface area (Å²) in [7, 11) is 3.46. The number of ether oxygens (including phenoxy) is 1. The van der Waals surface area contributed by atoms with Crippen LogP contribution in [0.3, 0.4) is 0 Å². The van der Waals surface area contributed by atoms with Crippen molar-refractivity contribution in [2.45, 2.75) is 13.5 Å². The van der Waals surface area contributed by atoms with Gasteiger partial charge in [0.1, 0.15) is 0 Å². The van der Waals surface area contributed by atoms with Gasteiger partial charge in [-0.15, -0.1) is 0 Å². The molecule has 106 valence electrons. The Bertz CT molecular complexity index is 634. The number of nitrogens with zero attached hydrogens (tertiary/aromatic N) is 2. The van der Waals surface area contributed by atoms with E-state index in [0.717, 1.165) is 22.8 Å². The summed E-state index contributed by atoms with van der Waals surface area (Å²) in [6, 6.07) is 7.07. The van der Waals surface area contributed by atoms with Crippen molar-refractivity contribution in [1.29, 1.82) is 0 Å². The van der Waals surface area contributed by atoms with Crippen LogP contribution in [-0.4, -0.2) is 22.8 Å². The summed E-state index contributed by atoms with van der Waals surface area (Å²) in [6.07, 6.45) is 0. The predicted molar refractivity (Wildman–Crippen MR) is 76.8 cm³/mol. The highest BCUT2D eigenvalue weighted by Crippen LogP contribution is 2.22. The highest BCUT2D eigenvalue weighted by molar-refractivity contribution is 5.93. The van der Waals surface area contributed by atoms with Gasteiger partial charge in [-0.1, -0.05) is 6.07 Å². The first-order valence-electron chi connectivity index (χ1n) is 6.23. The fourth-order valence-corrected chi connectivity index (χ4v) is 2.11. The number of nitrogens with one attached hydrogen (secondary N) is 1. The molecule has 6 heteroatoms. The number of primary amides is 1. The van der Waals surface area contributed by atoms with Crippen LogP contribution in [-0.2, 0) is 13.6 Å². The summed E-state index contributed by atoms with van der Waals surface area (Å²) in [4.78, 5) is 11.1. The molecular weight excluding hydrogens is 256 g/mol. The topological polar surface area (TPSA) is 82.2 Å². The molecule has 0 saturated carbocycles. The molecule has 1 aromatic carbocycles. The molecule has 0 fully saturated rings. The molecule has 0 bridgehead atoms. The van der Waals surface area contributed by atoms with Crippen LogP contribution in [0.15, 0.2) is 24.3 Å². The number of benzene rings is 1. The lowest BCUT2D eigenvalue weighted by Gasteiger charge is -2.09. The molecule has 0 unspecified atom stereocenters. The van der Waals surface area contributed by atoms with Crippen molar-refractivity contribution >= 4 is 11.6 Å². The van der Waals surface area contributed by atoms with Crippen LogP contribution in [0.2, 0.25) is 0 Å². The van der Waals surface area contributed by atoms with E-state index in [1.807, 2.05) is 20.0 Å². The third kappa shape index (κ3) is 2.74. The fraction of sp³-hybridized carbons (Fsp3) is 0.286. The van der Waals surface area contributed by atoms with Gasteiger partial charge in [0, 0.05) is 24.8 Å². The lowest BCUT2D eigenvalue weighted by molar-refractivity contribution is 0.100. The lowest BCUT2D eigenvalue weighted by atomic mass is 10.2. The highest BCUT2D eigenvalue weighted by atomic mass is 16.5. The zero-order chi connectivity index (χ0) is 14.7. The number of carbonyl (C=O) groups is 1. The molecule has 0 spiro atoms. The molecule has 0 aliphatic heterocycles. The van der Waals surface area contributed by atoms with Gasteiger partial charge in [0.05, 0.1) is 18.4 Å². The number of aryl methyl sites for hydroxylation is 2. The second-order valence-electron chi connectivity index (χ2n) is 4.50. The van der Waals surface area contributed by atoms with E-state index in [2.05, 4.69) is 10.4 Å². The van der Waals surface area contributed by atoms with Crippen LogP contribution in [0.5, 0.6) is 5.88 Å². The van der Waals surface area contributed by atoms with E-state index in [0.29, 0.717) is 12.1 Å². The SMILES string of the molecule is COc1c(CNc2cccc(C(N)=O)c2)c(C)nn1C. The molecule has 0 aliphatic carbocycles. The third-order valence-corrected chi connectivity index (χ3v) is 3.10. The molecular formula is C14H18N4O2. The van der Waals surface area contributed by atoms with Crippen LogP contribution in [0.1, 0.15) is 21.6 Å². The number of carbonyl (C=O) groups excluding carboxylic acids is 1. The molecule has 0 aliphatic rings. The van der Waals surface area contributed by atoms with Gasteiger partial charge >= 0.3 is 0 Å². The van der Waals surface area contributed by atoms with Crippen molar-refractivity contribution in [3.8, 4) is 5.88 Å². The molecule has 20 heavy (non-hydrogen) atoms. The Morgan fingerprint density at radius 3 is 2.90 bits per heavy atom. The Morgan fingerprint density at radius 2 is 2.25 bits per heavy atom. The van der Waals surface area contributed by atoms with Gasteiger partial charge in [0.2, 0.25) is 11.8 Å². The second-order valence-corrected chi connectivity index (χ2v) is 4.50. The Balaban J connectivity index is 2.17. The average molecular weight is 274 g/mol. The Morgan fingerprint density at radius 1 is 1.50 bits per heavy atom. The predicted octanol–water partition coefficient (Wildman–Crippen LogP) is 1.45. The largest absolute Gasteiger partial charge is 0.481 e. The summed E-state index contributed by atoms with van der Waals surface area (Å²) in [5.74, 6) is 0.282. The Labute approximate surface area is 117 Å². The number of anilines is 1. The molecule has 3 N–H and O–H groups in total. The van der Waals surface area contributed by atoms with E-state index in [9.17, 15) is 4.79 Å². The summed E-state index contributed by atoms with van der Waals surface area (Å²) >= 11 is 0. The van der Waals surface area contributed by atoms with Crippen molar-refractivity contribution < 1.29 is 9.53 Å². The fourth-order valence-electron chi connectivity index (χ4n) is 2.11. The van der Waals surface area contributed by atoms with Crippen LogP contribution >= 0.6 is 0 Å². The second kappa shape index (κ2) is 5.64. The minimum Gasteiger partial charge on any atom is -0.481 e. The van der Waals surface area contributed by atoms with Crippen molar-refractivity contribution in [3.05, 3.63) is 41.1 Å². The van der Waals surface area contributed by atoms with Gasteiger partial charge < -0.3 is 15.8 Å². The van der Waals surface area contributed by atoms with Crippen LogP contribution in [0, 0.1) is 6.92 Å². The van der Waals surface area contributed by atoms with E-state index in [1.54, 1.807) is 30.0 Å². The molecule has 2 rings (SSSR count). The third-order valence-electron chi connectivity index (χ3n) is 3.10. The van der Waals surface area contributed by atoms with Gasteiger partial charge in [-0.3, -0.25) is 4.79 Å². The molecule has 0 atom stereocenters. The normalized spacial score (nSPS) is 10.3. The van der Waals surface area contributed by atoms with Crippen molar-refractivity contribution in [1.82, 2.24) is 9.78 Å². The maximum atomic E-state index is 11.1. The molecule has 1 aromatic heterocycles. The van der Waals surface area contributed by atoms with Crippen molar-refractivity contribution in [2.24, 2.45) is 12.8 Å². The molecule has 6 nitrogen and oxygen atoms in total. The molecule has 1 heterocycles. The van der Waals surface area contributed by atoms with E-state index >= 15 is 0 Å². The number of rotatable bonds is 5. The van der Waals surface area contributed by atoms with E-state index in [4.69, 9.17) is 10.5 Å². The number of nitrogens with two attached hydrogens (primary N) is 1. The summed E-state index contributed by atoms with van der Waals surface area (Å²) < 4.78 is 7.03. The zero-order valence-electron chi connectivity index (χ0n) is 11.8. The van der Waals surface area contributed by atoms with Gasteiger partial charge in [-0.2, -0.15) is 5.10 Å². The minimum absolute atomic E-state index is 0.441. The minimum atomic E-state index is -0.441. The van der Waals surface area contributed by atoms with Crippen LogP contribution in [0.25, 0.3) is 0 Å². The van der Waals surface area contributed by atoms with E-state index < -0.39 is 5.91 Å². The maximum Gasteiger partial charge on any atom is 0.248 e. The summed E-state index contributed by atoms with van der Waals surface area (Å²) in [5, 5.41) is 7.56. The number of hydrogen-bond donors (Lipinski definition) is 2. The van der Waals surface area contributed by atoms with Crippen molar-refractivity contribution in [3.63, 3.8) is 0 Å². The van der Waals surface area contributed by atoms with Crippen LogP contribution in [0.4, 0.5) is 5.69 Å². The first-order valence-corrected chi connectivity index (χ1v) is 6.23. The standard InChI is InChI=1S/C14H18N4O2/c1-9-12(14(20-3)18(2)17-9)8-16-11-6-4-5-10(7-11)13(15)19/h4-7,16H,8H2,1-3H3,(H2,15,19). The van der Waals surface area contributed by atoms with E-state index in [1.165, 1.54) is 0 Å². The molecule has 1 amide bonds. The first-order chi connectivity index (χ1) is 9.52. The highest BCUT2D eigenvalue weighted by Gasteiger charge is 2.13. The van der Waals surface area contributed by atoms with Crippen molar-refractivity contribution in [2.75, 3.05) is 12.4 Å². The monoisotopic (exact) mass is 274 g/mol. The molecule has 0 radical (unpaired) electrons. The first kappa shape index (κ1) is 13.9. The average Bonchev–Trinajstić information content (AvgIpc) is 2.70. The maximum absolute atomic E-state index is 11.1. The van der Waals surface area contributed by atoms with Crippen LogP contribution < -0.4 is 15.8 Å². The summed E-state index contributed by atoms with van der Waals surface area (Å²) in [5.41, 5.74) is 8.46. The smallest absolute Gasteiger partial charge is 0.248 e. The number of aromatic nitrogens is 2. The zero-order valence-corrected chi connectivity index (χ0v) is 11.8. The number of hydrogen-bond acceptors (Lipinski definition) is 4. The number of methoxy groups -OCH3 is 1. The Kier molecular flexibility index (Phi) is 3.93. The van der Waals surface area contributed by atoms with Gasteiger partial charge in [-0.25, -0.2) is 4.68 Å². The van der Waals surface area contributed by atoms with Gasteiger partial charge in [0.25, 0.3) is 0 Å². The Hall–Kier alpha value is -2.50. The van der Waals surface area contributed by atoms with Gasteiger partial charge in [0.15, 0.2) is 0 Å². The molecule has 0 saturated heterocycles. The van der Waals surface area contributed by atoms with Gasteiger partial charge in [-0.05, 0) is 25.1 Å². The quantitative estimate of drug-likeness (QED) is 0.864. The lowest BCUT2D eigenvalue weighted by Crippen LogP contribution is -2.11. The summed E-state index contributed by atoms with van der Waals surface area (Å²) in [6.45, 7) is 2.49. The number of amides is 1.